The Morgan fingerprint density at radius 3 is 2.24 bits per heavy atom. The molecule has 0 saturated heterocycles. The highest BCUT2D eigenvalue weighted by molar-refractivity contribution is 5.67. The Hall–Kier alpha value is -3.60. The number of nitrogens with zero attached hydrogens (tertiary/aromatic N) is 4. The van der Waals surface area contributed by atoms with E-state index in [9.17, 15) is 0 Å². The fraction of sp³-hybridized carbons (Fsp3) is 0. The number of aromatic amines is 1. The maximum absolute atomic E-state index is 4.44. The third kappa shape index (κ3) is 3.50. The van der Waals surface area contributed by atoms with Gasteiger partial charge in [0.2, 0.25) is 0 Å². The van der Waals surface area contributed by atoms with Crippen LogP contribution in [0.4, 0.5) is 0 Å². The lowest BCUT2D eigenvalue weighted by Gasteiger charge is -2.01. The monoisotopic (exact) mass is 325 g/mol. The van der Waals surface area contributed by atoms with E-state index in [4.69, 9.17) is 0 Å². The van der Waals surface area contributed by atoms with Crippen molar-refractivity contribution in [2.75, 3.05) is 0 Å². The summed E-state index contributed by atoms with van der Waals surface area (Å²) in [7, 11) is 0. The van der Waals surface area contributed by atoms with Gasteiger partial charge in [0.15, 0.2) is 5.82 Å². The molecule has 1 N–H and O–H groups in total. The van der Waals surface area contributed by atoms with E-state index in [2.05, 4.69) is 24.9 Å². The van der Waals surface area contributed by atoms with Crippen LogP contribution in [0, 0.1) is 0 Å². The molecule has 0 fully saturated rings. The number of hydrogen-bond donors (Lipinski definition) is 1. The van der Waals surface area contributed by atoms with Crippen LogP contribution in [0.25, 0.3) is 34.8 Å². The van der Waals surface area contributed by atoms with E-state index in [0.717, 1.165) is 28.3 Å². The van der Waals surface area contributed by atoms with Gasteiger partial charge in [0.25, 0.3) is 0 Å². The number of imidazole rings is 1. The molecule has 1 aromatic carbocycles. The quantitative estimate of drug-likeness (QED) is 0.613. The Kier molecular flexibility index (Phi) is 4.12. The van der Waals surface area contributed by atoms with Gasteiger partial charge in [0.1, 0.15) is 5.82 Å². The molecule has 0 saturated carbocycles. The van der Waals surface area contributed by atoms with Crippen LogP contribution < -0.4 is 0 Å². The number of hydrogen-bond acceptors (Lipinski definition) is 4. The predicted octanol–water partition coefficient (Wildman–Crippen LogP) is 4.10. The Morgan fingerprint density at radius 1 is 0.680 bits per heavy atom. The molecule has 3 heterocycles. The van der Waals surface area contributed by atoms with Gasteiger partial charge >= 0.3 is 0 Å². The van der Waals surface area contributed by atoms with E-state index in [1.54, 1.807) is 24.8 Å². The molecule has 4 aromatic rings. The molecule has 3 aromatic heterocycles. The molecular weight excluding hydrogens is 310 g/mol. The minimum absolute atomic E-state index is 0.708. The predicted molar refractivity (Wildman–Crippen MR) is 98.2 cm³/mol. The van der Waals surface area contributed by atoms with E-state index >= 15 is 0 Å². The number of H-pyrrole nitrogens is 1. The molecule has 5 heteroatoms. The minimum Gasteiger partial charge on any atom is -0.338 e. The summed E-state index contributed by atoms with van der Waals surface area (Å²) in [5.74, 6) is 1.46. The van der Waals surface area contributed by atoms with E-state index < -0.39 is 0 Å². The molecule has 0 radical (unpaired) electrons. The van der Waals surface area contributed by atoms with Gasteiger partial charge in [-0.3, -0.25) is 4.98 Å². The van der Waals surface area contributed by atoms with E-state index in [-0.39, 0.29) is 0 Å². The Balaban J connectivity index is 1.53. The van der Waals surface area contributed by atoms with Crippen molar-refractivity contribution in [2.45, 2.75) is 0 Å². The highest BCUT2D eigenvalue weighted by Gasteiger charge is 2.05. The van der Waals surface area contributed by atoms with Crippen molar-refractivity contribution >= 4 is 12.2 Å². The first kappa shape index (κ1) is 15.0. The van der Waals surface area contributed by atoms with Gasteiger partial charge in [-0.2, -0.15) is 0 Å². The number of pyridine rings is 1. The van der Waals surface area contributed by atoms with Gasteiger partial charge in [-0.1, -0.05) is 36.4 Å². The molecule has 0 atom stereocenters. The highest BCUT2D eigenvalue weighted by Crippen LogP contribution is 2.19. The molecule has 4 rings (SSSR count). The summed E-state index contributed by atoms with van der Waals surface area (Å²) in [6.45, 7) is 0. The van der Waals surface area contributed by atoms with Crippen LogP contribution in [0.15, 0.2) is 73.3 Å². The van der Waals surface area contributed by atoms with E-state index in [0.29, 0.717) is 5.82 Å². The first-order valence-corrected chi connectivity index (χ1v) is 7.90. The number of benzene rings is 1. The molecule has 25 heavy (non-hydrogen) atoms. The lowest BCUT2D eigenvalue weighted by molar-refractivity contribution is 1.17. The van der Waals surface area contributed by atoms with Crippen LogP contribution in [-0.4, -0.2) is 24.9 Å². The van der Waals surface area contributed by atoms with E-state index in [1.165, 1.54) is 0 Å². The van der Waals surface area contributed by atoms with Crippen LogP contribution in [0.2, 0.25) is 0 Å². The molecule has 0 unspecified atom stereocenters. The third-order valence-corrected chi connectivity index (χ3v) is 3.69. The minimum atomic E-state index is 0.708. The molecule has 0 aliphatic rings. The molecule has 0 spiro atoms. The van der Waals surface area contributed by atoms with Crippen LogP contribution in [0.1, 0.15) is 11.5 Å². The summed E-state index contributed by atoms with van der Waals surface area (Å²) in [4.78, 5) is 20.7. The standard InChI is InChI=1S/C20H15N5/c1-2-6-15(7-3-1)20-23-12-16(13-24-20)18-14-22-19(25-18)10-9-17-8-4-5-11-21-17/h1-14H,(H,22,25). The first-order chi connectivity index (χ1) is 12.4. The maximum atomic E-state index is 4.44. The second-order valence-corrected chi connectivity index (χ2v) is 5.43. The molecule has 0 amide bonds. The molecule has 5 nitrogen and oxygen atoms in total. The largest absolute Gasteiger partial charge is 0.338 e. The van der Waals surface area contributed by atoms with E-state index in [1.807, 2.05) is 60.7 Å². The van der Waals surface area contributed by atoms with Crippen LogP contribution in [0.3, 0.4) is 0 Å². The van der Waals surface area contributed by atoms with Gasteiger partial charge in [0, 0.05) is 29.7 Å². The zero-order valence-electron chi connectivity index (χ0n) is 13.4. The topological polar surface area (TPSA) is 67.3 Å². The molecule has 0 aliphatic carbocycles. The Bertz CT molecular complexity index is 974. The average molecular weight is 325 g/mol. The maximum Gasteiger partial charge on any atom is 0.159 e. The van der Waals surface area contributed by atoms with Crippen molar-refractivity contribution in [1.82, 2.24) is 24.9 Å². The smallest absolute Gasteiger partial charge is 0.159 e. The summed E-state index contributed by atoms with van der Waals surface area (Å²) < 4.78 is 0. The van der Waals surface area contributed by atoms with Gasteiger partial charge in [0.05, 0.1) is 17.6 Å². The fourth-order valence-electron chi connectivity index (χ4n) is 2.41. The van der Waals surface area contributed by atoms with Gasteiger partial charge in [-0.25, -0.2) is 15.0 Å². The van der Waals surface area contributed by atoms with Crippen LogP contribution in [-0.2, 0) is 0 Å². The van der Waals surface area contributed by atoms with Crippen molar-refractivity contribution in [2.24, 2.45) is 0 Å². The highest BCUT2D eigenvalue weighted by atomic mass is 14.9. The number of aromatic nitrogens is 5. The van der Waals surface area contributed by atoms with Crippen molar-refractivity contribution in [1.29, 1.82) is 0 Å². The first-order valence-electron chi connectivity index (χ1n) is 7.90. The Morgan fingerprint density at radius 2 is 1.48 bits per heavy atom. The molecular formula is C20H15N5. The van der Waals surface area contributed by atoms with Crippen molar-refractivity contribution in [3.05, 3.63) is 84.8 Å². The van der Waals surface area contributed by atoms with Crippen molar-refractivity contribution < 1.29 is 0 Å². The number of nitrogens with one attached hydrogen (secondary N) is 1. The SMILES string of the molecule is C(=Cc1ncc(-c2cnc(-c3ccccc3)nc2)[nH]1)c1ccccn1. The summed E-state index contributed by atoms with van der Waals surface area (Å²) >= 11 is 0. The lowest BCUT2D eigenvalue weighted by atomic mass is 10.2. The Labute approximate surface area is 145 Å². The normalized spacial score (nSPS) is 11.0. The zero-order valence-corrected chi connectivity index (χ0v) is 13.4. The molecule has 0 bridgehead atoms. The molecule has 120 valence electrons. The van der Waals surface area contributed by atoms with Crippen molar-refractivity contribution in [3.8, 4) is 22.6 Å². The van der Waals surface area contributed by atoms with Gasteiger partial charge in [-0.15, -0.1) is 0 Å². The summed E-state index contributed by atoms with van der Waals surface area (Å²) in [5, 5.41) is 0. The fourth-order valence-corrected chi connectivity index (χ4v) is 2.41. The second-order valence-electron chi connectivity index (χ2n) is 5.43. The van der Waals surface area contributed by atoms with Gasteiger partial charge in [-0.05, 0) is 24.3 Å². The average Bonchev–Trinajstić information content (AvgIpc) is 3.17. The van der Waals surface area contributed by atoms with Crippen molar-refractivity contribution in [3.63, 3.8) is 0 Å². The number of rotatable bonds is 4. The summed E-state index contributed by atoms with van der Waals surface area (Å²) in [6, 6.07) is 15.7. The second kappa shape index (κ2) is 6.88. The van der Waals surface area contributed by atoms with Crippen LogP contribution >= 0.6 is 0 Å². The van der Waals surface area contributed by atoms with Crippen LogP contribution in [0.5, 0.6) is 0 Å². The van der Waals surface area contributed by atoms with Gasteiger partial charge < -0.3 is 4.98 Å². The lowest BCUT2D eigenvalue weighted by Crippen LogP contribution is -1.89. The third-order valence-electron chi connectivity index (χ3n) is 3.69. The summed E-state index contributed by atoms with van der Waals surface area (Å²) in [5.41, 5.74) is 3.65. The molecule has 0 aliphatic heterocycles. The summed E-state index contributed by atoms with van der Waals surface area (Å²) in [6.07, 6.45) is 10.9. The zero-order chi connectivity index (χ0) is 16.9.